The molecule has 0 spiro atoms. The molecule has 166 valence electrons. The Hall–Kier alpha value is -3.25. The second kappa shape index (κ2) is 9.92. The quantitative estimate of drug-likeness (QED) is 0.453. The number of amides is 2. The highest BCUT2D eigenvalue weighted by atomic mass is 35.5. The molecule has 0 saturated heterocycles. The van der Waals surface area contributed by atoms with Gasteiger partial charge in [0.25, 0.3) is 11.8 Å². The van der Waals surface area contributed by atoms with Crippen molar-refractivity contribution in [3.63, 3.8) is 0 Å². The first kappa shape index (κ1) is 23.4. The van der Waals surface area contributed by atoms with Crippen molar-refractivity contribution in [2.24, 2.45) is 0 Å². The van der Waals surface area contributed by atoms with E-state index in [1.807, 2.05) is 0 Å². The summed E-state index contributed by atoms with van der Waals surface area (Å²) in [5.41, 5.74) is 2.13. The zero-order valence-corrected chi connectivity index (χ0v) is 18.5. The number of alkyl halides is 2. The first-order valence-electron chi connectivity index (χ1n) is 10.1. The Labute approximate surface area is 190 Å². The molecule has 3 aromatic carbocycles. The Morgan fingerprint density at radius 1 is 0.969 bits per heavy atom. The van der Waals surface area contributed by atoms with Crippen LogP contribution in [0.2, 0.25) is 5.02 Å². The first-order valence-corrected chi connectivity index (χ1v) is 10.5. The van der Waals surface area contributed by atoms with E-state index in [0.29, 0.717) is 27.5 Å². The number of hydrogen-bond donors (Lipinski definition) is 1. The lowest BCUT2D eigenvalue weighted by Gasteiger charge is -2.18. The molecule has 32 heavy (non-hydrogen) atoms. The van der Waals surface area contributed by atoms with Crippen molar-refractivity contribution in [3.8, 4) is 0 Å². The summed E-state index contributed by atoms with van der Waals surface area (Å²) in [4.78, 5) is 26.5. The molecule has 0 aliphatic heterocycles. The number of para-hydroxylation sites is 1. The minimum Gasteiger partial charge on any atom is -0.326 e. The van der Waals surface area contributed by atoms with Gasteiger partial charge < -0.3 is 10.2 Å². The third kappa shape index (κ3) is 5.51. The van der Waals surface area contributed by atoms with Crippen LogP contribution < -0.4 is 10.2 Å². The van der Waals surface area contributed by atoms with Crippen LogP contribution in [0.25, 0.3) is 0 Å². The van der Waals surface area contributed by atoms with Gasteiger partial charge in [0, 0.05) is 30.3 Å². The van der Waals surface area contributed by atoms with Crippen molar-refractivity contribution < 1.29 is 18.4 Å². The minimum atomic E-state index is -2.88. The van der Waals surface area contributed by atoms with Gasteiger partial charge in [0.1, 0.15) is 0 Å². The Bertz CT molecular complexity index is 1100. The molecule has 0 atom stereocenters. The summed E-state index contributed by atoms with van der Waals surface area (Å²) in [6.07, 6.45) is -0.229. The van der Waals surface area contributed by atoms with Gasteiger partial charge in [-0.05, 0) is 42.0 Å². The number of benzene rings is 3. The van der Waals surface area contributed by atoms with E-state index >= 15 is 0 Å². The molecule has 0 unspecified atom stereocenters. The highest BCUT2D eigenvalue weighted by Gasteiger charge is 2.28. The Morgan fingerprint density at radius 2 is 1.59 bits per heavy atom. The molecule has 4 nitrogen and oxygen atoms in total. The summed E-state index contributed by atoms with van der Waals surface area (Å²) in [6, 6.07) is 19.3. The summed E-state index contributed by atoms with van der Waals surface area (Å²) in [7, 11) is 1.64. The van der Waals surface area contributed by atoms with E-state index < -0.39 is 5.92 Å². The van der Waals surface area contributed by atoms with Gasteiger partial charge in [-0.15, -0.1) is 0 Å². The molecule has 0 aliphatic carbocycles. The van der Waals surface area contributed by atoms with Gasteiger partial charge >= 0.3 is 0 Å². The summed E-state index contributed by atoms with van der Waals surface area (Å²) >= 11 is 6.16. The highest BCUT2D eigenvalue weighted by Crippen LogP contribution is 2.31. The minimum absolute atomic E-state index is 0.0495. The molecule has 0 bridgehead atoms. The van der Waals surface area contributed by atoms with Gasteiger partial charge in [0.15, 0.2) is 0 Å². The van der Waals surface area contributed by atoms with Crippen molar-refractivity contribution in [1.82, 2.24) is 0 Å². The van der Waals surface area contributed by atoms with Crippen molar-refractivity contribution >= 4 is 34.8 Å². The molecule has 7 heteroatoms. The number of carbonyl (C=O) groups is 2. The van der Waals surface area contributed by atoms with Gasteiger partial charge in [-0.25, -0.2) is 8.78 Å². The van der Waals surface area contributed by atoms with Crippen LogP contribution in [-0.2, 0) is 17.1 Å². The van der Waals surface area contributed by atoms with Crippen LogP contribution in [0.5, 0.6) is 0 Å². The molecule has 2 amide bonds. The van der Waals surface area contributed by atoms with E-state index in [0.717, 1.165) is 0 Å². The smallest absolute Gasteiger partial charge is 0.273 e. The number of halogens is 3. The summed E-state index contributed by atoms with van der Waals surface area (Å²) < 4.78 is 27.4. The maximum absolute atomic E-state index is 13.7. The van der Waals surface area contributed by atoms with Crippen molar-refractivity contribution in [3.05, 3.63) is 94.5 Å². The monoisotopic (exact) mass is 456 g/mol. The number of hydrogen-bond acceptors (Lipinski definition) is 2. The van der Waals surface area contributed by atoms with E-state index in [4.69, 9.17) is 11.6 Å². The normalized spacial score (nSPS) is 11.2. The van der Waals surface area contributed by atoms with E-state index in [-0.39, 0.29) is 30.2 Å². The fourth-order valence-electron chi connectivity index (χ4n) is 3.18. The number of rotatable bonds is 7. The zero-order chi connectivity index (χ0) is 23.3. The maximum atomic E-state index is 13.7. The lowest BCUT2D eigenvalue weighted by atomic mass is 10.0. The van der Waals surface area contributed by atoms with E-state index in [9.17, 15) is 18.4 Å². The lowest BCUT2D eigenvalue weighted by Crippen LogP contribution is -2.26. The molecule has 0 aromatic heterocycles. The van der Waals surface area contributed by atoms with Gasteiger partial charge in [-0.2, -0.15) is 0 Å². The van der Waals surface area contributed by atoms with Crippen LogP contribution in [0.3, 0.4) is 0 Å². The molecule has 3 rings (SSSR count). The predicted octanol–water partition coefficient (Wildman–Crippen LogP) is 6.30. The van der Waals surface area contributed by atoms with Crippen LogP contribution in [-0.4, -0.2) is 18.9 Å². The van der Waals surface area contributed by atoms with Crippen molar-refractivity contribution in [2.45, 2.75) is 25.7 Å². The summed E-state index contributed by atoms with van der Waals surface area (Å²) in [5, 5.41) is 3.22. The fourth-order valence-corrected chi connectivity index (χ4v) is 3.45. The van der Waals surface area contributed by atoms with Crippen LogP contribution >= 0.6 is 11.6 Å². The molecule has 3 aromatic rings. The molecule has 0 fully saturated rings. The molecule has 0 aliphatic rings. The van der Waals surface area contributed by atoms with Crippen molar-refractivity contribution in [2.75, 3.05) is 17.3 Å². The van der Waals surface area contributed by atoms with Crippen LogP contribution in [0.4, 0.5) is 20.2 Å². The van der Waals surface area contributed by atoms with E-state index in [1.54, 1.807) is 55.6 Å². The zero-order valence-electron chi connectivity index (χ0n) is 17.7. The standard InChI is InChI=1S/C25H23ClF2N2O2/c1-3-25(27,28)19-12-8-17(9-13-19)16-23(31)29-20-14-10-18(11-15-20)24(32)30(2)22-7-5-4-6-21(22)26/h4-15H,3,16H2,1-2H3,(H,29,31). The third-order valence-corrected chi connectivity index (χ3v) is 5.44. The lowest BCUT2D eigenvalue weighted by molar-refractivity contribution is -0.115. The van der Waals surface area contributed by atoms with Crippen LogP contribution in [0.15, 0.2) is 72.8 Å². The summed E-state index contributed by atoms with van der Waals surface area (Å²) in [5.74, 6) is -3.40. The number of nitrogens with zero attached hydrogens (tertiary/aromatic N) is 1. The Morgan fingerprint density at radius 3 is 2.19 bits per heavy atom. The van der Waals surface area contributed by atoms with Gasteiger partial charge in [0.2, 0.25) is 5.91 Å². The average molecular weight is 457 g/mol. The van der Waals surface area contributed by atoms with Crippen LogP contribution in [0, 0.1) is 0 Å². The molecule has 0 heterocycles. The molecule has 1 N–H and O–H groups in total. The molecule has 0 radical (unpaired) electrons. The van der Waals surface area contributed by atoms with Gasteiger partial charge in [-0.3, -0.25) is 9.59 Å². The Balaban J connectivity index is 1.61. The number of nitrogens with one attached hydrogen (secondary N) is 1. The maximum Gasteiger partial charge on any atom is 0.273 e. The van der Waals surface area contributed by atoms with Crippen molar-refractivity contribution in [1.29, 1.82) is 0 Å². The van der Waals surface area contributed by atoms with Crippen LogP contribution in [0.1, 0.15) is 34.8 Å². The second-order valence-electron chi connectivity index (χ2n) is 7.37. The second-order valence-corrected chi connectivity index (χ2v) is 7.78. The number of carbonyl (C=O) groups excluding carboxylic acids is 2. The first-order chi connectivity index (χ1) is 15.2. The van der Waals surface area contributed by atoms with Gasteiger partial charge in [0.05, 0.1) is 17.1 Å². The Kier molecular flexibility index (Phi) is 7.26. The molecule has 0 saturated carbocycles. The SMILES string of the molecule is CCC(F)(F)c1ccc(CC(=O)Nc2ccc(C(=O)N(C)c3ccccc3Cl)cc2)cc1. The topological polar surface area (TPSA) is 49.4 Å². The summed E-state index contributed by atoms with van der Waals surface area (Å²) in [6.45, 7) is 1.43. The number of anilines is 2. The van der Waals surface area contributed by atoms with Gasteiger partial charge in [-0.1, -0.05) is 54.9 Å². The van der Waals surface area contributed by atoms with E-state index in [1.165, 1.54) is 36.1 Å². The predicted molar refractivity (Wildman–Crippen MR) is 124 cm³/mol. The largest absolute Gasteiger partial charge is 0.326 e. The third-order valence-electron chi connectivity index (χ3n) is 5.12. The molecular weight excluding hydrogens is 434 g/mol. The average Bonchev–Trinajstić information content (AvgIpc) is 2.79. The molecular formula is C25H23ClF2N2O2. The fraction of sp³-hybridized carbons (Fsp3) is 0.200. The van der Waals surface area contributed by atoms with E-state index in [2.05, 4.69) is 5.32 Å². The highest BCUT2D eigenvalue weighted by molar-refractivity contribution is 6.34.